The Morgan fingerprint density at radius 3 is 2.92 bits per heavy atom. The Morgan fingerprint density at radius 2 is 2.15 bits per heavy atom. The number of rotatable bonds is 2. The molecule has 1 heterocycles. The SMILES string of the molecule is CCC(C)c1ccc2ccsc2c1. The van der Waals surface area contributed by atoms with Gasteiger partial charge in [-0.2, -0.15) is 0 Å². The number of benzene rings is 1. The maximum absolute atomic E-state index is 2.33. The molecule has 0 spiro atoms. The van der Waals surface area contributed by atoms with Crippen molar-refractivity contribution in [2.75, 3.05) is 0 Å². The van der Waals surface area contributed by atoms with Crippen LogP contribution < -0.4 is 0 Å². The molecule has 13 heavy (non-hydrogen) atoms. The van der Waals surface area contributed by atoms with E-state index in [1.165, 1.54) is 22.1 Å². The fourth-order valence-electron chi connectivity index (χ4n) is 1.51. The summed E-state index contributed by atoms with van der Waals surface area (Å²) in [5.41, 5.74) is 1.47. The van der Waals surface area contributed by atoms with Crippen LogP contribution in [0.25, 0.3) is 10.1 Å². The molecule has 1 unspecified atom stereocenters. The largest absolute Gasteiger partial charge is 0.144 e. The average Bonchev–Trinajstić information content (AvgIpc) is 2.63. The van der Waals surface area contributed by atoms with Gasteiger partial charge in [0.05, 0.1) is 0 Å². The van der Waals surface area contributed by atoms with Crippen molar-refractivity contribution < 1.29 is 0 Å². The molecule has 0 aliphatic carbocycles. The molecule has 0 amide bonds. The number of fused-ring (bicyclic) bond motifs is 1. The van der Waals surface area contributed by atoms with Crippen LogP contribution >= 0.6 is 11.3 Å². The van der Waals surface area contributed by atoms with E-state index in [2.05, 4.69) is 43.5 Å². The maximum Gasteiger partial charge on any atom is 0.0345 e. The first-order valence-corrected chi connectivity index (χ1v) is 5.66. The molecule has 0 fully saturated rings. The van der Waals surface area contributed by atoms with E-state index in [0.29, 0.717) is 5.92 Å². The highest BCUT2D eigenvalue weighted by molar-refractivity contribution is 7.17. The second-order valence-electron chi connectivity index (χ2n) is 3.53. The highest BCUT2D eigenvalue weighted by Crippen LogP contribution is 2.26. The summed E-state index contributed by atoms with van der Waals surface area (Å²) >= 11 is 1.83. The molecule has 2 aromatic rings. The zero-order chi connectivity index (χ0) is 9.26. The third-order valence-corrected chi connectivity index (χ3v) is 3.54. The summed E-state index contributed by atoms with van der Waals surface area (Å²) < 4.78 is 1.41. The smallest absolute Gasteiger partial charge is 0.0345 e. The molecule has 0 radical (unpaired) electrons. The highest BCUT2D eigenvalue weighted by Gasteiger charge is 2.03. The quantitative estimate of drug-likeness (QED) is 0.657. The zero-order valence-electron chi connectivity index (χ0n) is 8.08. The predicted octanol–water partition coefficient (Wildman–Crippen LogP) is 4.41. The average molecular weight is 190 g/mol. The van der Waals surface area contributed by atoms with Crippen LogP contribution in [0.5, 0.6) is 0 Å². The van der Waals surface area contributed by atoms with Crippen LogP contribution in [0.4, 0.5) is 0 Å². The minimum atomic E-state index is 0.687. The van der Waals surface area contributed by atoms with Gasteiger partial charge in [0.1, 0.15) is 0 Å². The van der Waals surface area contributed by atoms with Crippen molar-refractivity contribution >= 4 is 21.4 Å². The van der Waals surface area contributed by atoms with Crippen molar-refractivity contribution in [3.8, 4) is 0 Å². The number of hydrogen-bond donors (Lipinski definition) is 0. The Labute approximate surface area is 83.2 Å². The van der Waals surface area contributed by atoms with Gasteiger partial charge in [0, 0.05) is 4.70 Å². The van der Waals surface area contributed by atoms with Gasteiger partial charge < -0.3 is 0 Å². The van der Waals surface area contributed by atoms with E-state index in [9.17, 15) is 0 Å². The van der Waals surface area contributed by atoms with E-state index in [-0.39, 0.29) is 0 Å². The molecule has 0 aliphatic heterocycles. The lowest BCUT2D eigenvalue weighted by Gasteiger charge is -2.08. The van der Waals surface area contributed by atoms with E-state index < -0.39 is 0 Å². The van der Waals surface area contributed by atoms with Crippen LogP contribution in [0, 0.1) is 0 Å². The van der Waals surface area contributed by atoms with Crippen LogP contribution in [0.15, 0.2) is 29.6 Å². The molecule has 0 saturated heterocycles. The lowest BCUT2D eigenvalue weighted by Crippen LogP contribution is -1.89. The summed E-state index contributed by atoms with van der Waals surface area (Å²) in [7, 11) is 0. The molecule has 1 aromatic carbocycles. The van der Waals surface area contributed by atoms with Gasteiger partial charge in [-0.05, 0) is 40.8 Å². The lowest BCUT2D eigenvalue weighted by molar-refractivity contribution is 0.735. The molecule has 1 aromatic heterocycles. The van der Waals surface area contributed by atoms with Crippen molar-refractivity contribution in [2.45, 2.75) is 26.2 Å². The molecule has 1 atom stereocenters. The van der Waals surface area contributed by atoms with Crippen molar-refractivity contribution in [3.63, 3.8) is 0 Å². The van der Waals surface area contributed by atoms with E-state index >= 15 is 0 Å². The summed E-state index contributed by atoms with van der Waals surface area (Å²) in [6, 6.07) is 8.99. The van der Waals surface area contributed by atoms with Crippen LogP contribution in [-0.2, 0) is 0 Å². The number of thiophene rings is 1. The molecule has 2 rings (SSSR count). The summed E-state index contributed by atoms with van der Waals surface area (Å²) in [4.78, 5) is 0. The van der Waals surface area contributed by atoms with Gasteiger partial charge in [-0.3, -0.25) is 0 Å². The summed E-state index contributed by atoms with van der Waals surface area (Å²) in [5, 5.41) is 3.53. The van der Waals surface area contributed by atoms with Crippen molar-refractivity contribution in [1.29, 1.82) is 0 Å². The van der Waals surface area contributed by atoms with Crippen molar-refractivity contribution in [1.82, 2.24) is 0 Å². The lowest BCUT2D eigenvalue weighted by atomic mass is 9.98. The fraction of sp³-hybridized carbons (Fsp3) is 0.333. The summed E-state index contributed by atoms with van der Waals surface area (Å²) in [6.07, 6.45) is 1.22. The molecule has 0 saturated carbocycles. The van der Waals surface area contributed by atoms with Crippen molar-refractivity contribution in [2.24, 2.45) is 0 Å². The monoisotopic (exact) mass is 190 g/mol. The summed E-state index contributed by atoms with van der Waals surface area (Å²) in [6.45, 7) is 4.53. The van der Waals surface area contributed by atoms with E-state index in [1.54, 1.807) is 0 Å². The van der Waals surface area contributed by atoms with Gasteiger partial charge in [0.15, 0.2) is 0 Å². The van der Waals surface area contributed by atoms with Crippen molar-refractivity contribution in [3.05, 3.63) is 35.2 Å². The second kappa shape index (κ2) is 3.51. The molecular weight excluding hydrogens is 176 g/mol. The standard InChI is InChI=1S/C12H14S/c1-3-9(2)11-5-4-10-6-7-13-12(10)8-11/h4-9H,3H2,1-2H3. The molecule has 0 nitrogen and oxygen atoms in total. The minimum absolute atomic E-state index is 0.687. The Morgan fingerprint density at radius 1 is 1.31 bits per heavy atom. The van der Waals surface area contributed by atoms with E-state index in [4.69, 9.17) is 0 Å². The van der Waals surface area contributed by atoms with E-state index in [1.807, 2.05) is 11.3 Å². The van der Waals surface area contributed by atoms with E-state index in [0.717, 1.165) is 0 Å². The fourth-order valence-corrected chi connectivity index (χ4v) is 2.35. The first-order chi connectivity index (χ1) is 6.31. The Hall–Kier alpha value is -0.820. The van der Waals surface area contributed by atoms with Gasteiger partial charge in [-0.25, -0.2) is 0 Å². The Balaban J connectivity index is 2.48. The predicted molar refractivity (Wildman–Crippen MR) is 60.5 cm³/mol. The topological polar surface area (TPSA) is 0 Å². The van der Waals surface area contributed by atoms with Crippen LogP contribution in [-0.4, -0.2) is 0 Å². The van der Waals surface area contributed by atoms with Gasteiger partial charge in [-0.1, -0.05) is 26.0 Å². The molecule has 0 bridgehead atoms. The Bertz CT molecular complexity index is 400. The summed E-state index contributed by atoms with van der Waals surface area (Å²) in [5.74, 6) is 0.687. The maximum atomic E-state index is 2.33. The molecular formula is C12H14S. The molecule has 1 heteroatoms. The molecule has 68 valence electrons. The van der Waals surface area contributed by atoms with Gasteiger partial charge >= 0.3 is 0 Å². The van der Waals surface area contributed by atoms with Crippen LogP contribution in [0.2, 0.25) is 0 Å². The minimum Gasteiger partial charge on any atom is -0.144 e. The van der Waals surface area contributed by atoms with Crippen LogP contribution in [0.3, 0.4) is 0 Å². The third kappa shape index (κ3) is 1.61. The normalized spacial score (nSPS) is 13.4. The molecule has 0 aliphatic rings. The van der Waals surface area contributed by atoms with Gasteiger partial charge in [-0.15, -0.1) is 11.3 Å². The first-order valence-electron chi connectivity index (χ1n) is 4.78. The first kappa shape index (κ1) is 8.76. The molecule has 0 N–H and O–H groups in total. The Kier molecular flexibility index (Phi) is 2.36. The number of hydrogen-bond acceptors (Lipinski definition) is 1. The van der Waals surface area contributed by atoms with Crippen LogP contribution in [0.1, 0.15) is 31.7 Å². The highest BCUT2D eigenvalue weighted by atomic mass is 32.1. The zero-order valence-corrected chi connectivity index (χ0v) is 8.90. The third-order valence-electron chi connectivity index (χ3n) is 2.66. The van der Waals surface area contributed by atoms with Gasteiger partial charge in [0.25, 0.3) is 0 Å². The second-order valence-corrected chi connectivity index (χ2v) is 4.47. The van der Waals surface area contributed by atoms with Gasteiger partial charge in [0.2, 0.25) is 0 Å².